The Hall–Kier alpha value is -5.68. The van der Waals surface area contributed by atoms with E-state index in [1.165, 1.54) is 34.3 Å². The second kappa shape index (κ2) is 17.6. The van der Waals surface area contributed by atoms with Crippen LogP contribution in [-0.2, 0) is 35.8 Å². The van der Waals surface area contributed by atoms with Crippen LogP contribution in [0.5, 0.6) is 0 Å². The van der Waals surface area contributed by atoms with Gasteiger partial charge in [-0.15, -0.1) is 10.2 Å². The van der Waals surface area contributed by atoms with Crippen LogP contribution in [0.3, 0.4) is 0 Å². The normalized spacial score (nSPS) is 15.0. The number of aromatic nitrogens is 6. The third kappa shape index (κ3) is 11.2. The van der Waals surface area contributed by atoms with Crippen LogP contribution in [-0.4, -0.2) is 71.2 Å². The third-order valence-electron chi connectivity index (χ3n) is 8.14. The zero-order valence-electron chi connectivity index (χ0n) is 27.5. The molecule has 3 amide bonds. The van der Waals surface area contributed by atoms with Crippen LogP contribution in [0, 0.1) is 0 Å². The van der Waals surface area contributed by atoms with E-state index in [4.69, 9.17) is 29.1 Å². The van der Waals surface area contributed by atoms with Gasteiger partial charge >= 0.3 is 18.2 Å². The Morgan fingerprint density at radius 1 is 0.720 bits per heavy atom. The molecule has 18 nitrogen and oxygen atoms in total. The molecule has 0 saturated heterocycles. The van der Waals surface area contributed by atoms with Crippen LogP contribution in [0.25, 0.3) is 0 Å². The summed E-state index contributed by atoms with van der Waals surface area (Å²) in [6.45, 7) is 0.615. The molecule has 18 heteroatoms. The molecule has 2 aliphatic carbocycles. The monoisotopic (exact) mass is 695 g/mol. The molecule has 0 bridgehead atoms. The second-order valence-corrected chi connectivity index (χ2v) is 12.1. The molecule has 2 saturated carbocycles. The van der Waals surface area contributed by atoms with Crippen molar-refractivity contribution in [3.63, 3.8) is 0 Å². The first-order valence-corrected chi connectivity index (χ1v) is 16.6. The molecule has 6 rings (SSSR count). The summed E-state index contributed by atoms with van der Waals surface area (Å²) in [6, 6.07) is 6.51. The lowest BCUT2D eigenvalue weighted by Crippen LogP contribution is -2.36. The number of aromatic carboxylic acids is 1. The van der Waals surface area contributed by atoms with E-state index in [9.17, 15) is 19.2 Å². The highest BCUT2D eigenvalue weighted by Crippen LogP contribution is 2.18. The highest BCUT2D eigenvalue weighted by atomic mass is 16.6. The largest absolute Gasteiger partial charge is 0.475 e. The maximum absolute atomic E-state index is 11.8. The quantitative estimate of drug-likeness (QED) is 0.165. The van der Waals surface area contributed by atoms with E-state index in [1.54, 1.807) is 24.5 Å². The van der Waals surface area contributed by atoms with Gasteiger partial charge in [-0.2, -0.15) is 0 Å². The van der Waals surface area contributed by atoms with Gasteiger partial charge in [-0.1, -0.05) is 49.0 Å². The molecule has 4 aromatic heterocycles. The molecule has 0 spiro atoms. The Balaban J connectivity index is 0.000000194. The van der Waals surface area contributed by atoms with Gasteiger partial charge in [-0.25, -0.2) is 23.7 Å². The Labute approximate surface area is 286 Å². The minimum atomic E-state index is -1.12. The number of nitrogens with zero attached hydrogens (tertiary/aromatic N) is 6. The van der Waals surface area contributed by atoms with Crippen molar-refractivity contribution in [3.05, 3.63) is 71.1 Å². The van der Waals surface area contributed by atoms with E-state index in [2.05, 4.69) is 31.3 Å². The summed E-state index contributed by atoms with van der Waals surface area (Å²) in [5, 5.41) is 30.3. The first kappa shape index (κ1) is 35.6. The second-order valence-electron chi connectivity index (χ2n) is 12.1. The highest BCUT2D eigenvalue weighted by molar-refractivity contribution is 5.89. The predicted octanol–water partition coefficient (Wildman–Crippen LogP) is 3.75. The predicted molar refractivity (Wildman–Crippen MR) is 172 cm³/mol. The van der Waals surface area contributed by atoms with Gasteiger partial charge in [-0.05, 0) is 49.9 Å². The molecule has 0 aliphatic heterocycles. The molecule has 2 fully saturated rings. The zero-order valence-corrected chi connectivity index (χ0v) is 27.5. The Morgan fingerprint density at radius 2 is 1.16 bits per heavy atom. The van der Waals surface area contributed by atoms with Gasteiger partial charge in [0.15, 0.2) is 5.76 Å². The lowest BCUT2D eigenvalue weighted by molar-refractivity contribution is 0.0659. The molecule has 0 radical (unpaired) electrons. The molecule has 50 heavy (non-hydrogen) atoms. The van der Waals surface area contributed by atoms with Gasteiger partial charge in [0, 0.05) is 12.1 Å². The lowest BCUT2D eigenvalue weighted by atomic mass is 9.96. The van der Waals surface area contributed by atoms with Crippen LogP contribution in [0.15, 0.2) is 45.5 Å². The standard InChI is InChI=1S/C16H21N5O4.C16H20N4O5/c17-15(22)14-7-6-13(25-14)9-21-8-12(19-20-21)10-24-16(23)18-11-4-2-1-3-5-11;21-15(22)14-7-6-13(25-14)9-20-8-12(18-19-20)10-24-16(23)17-11-4-2-1-3-5-11/h6-8,11H,1-5,9-10H2,(H2,17,22)(H,18,23);6-8,11H,1-5,9-10H2,(H,17,23)(H,21,22). The van der Waals surface area contributed by atoms with Crippen LogP contribution < -0.4 is 16.4 Å². The van der Waals surface area contributed by atoms with Crippen molar-refractivity contribution in [1.29, 1.82) is 0 Å². The number of hydrogen-bond acceptors (Lipinski definition) is 12. The Morgan fingerprint density at radius 3 is 1.56 bits per heavy atom. The maximum atomic E-state index is 11.8. The molecule has 0 atom stereocenters. The number of alkyl carbamates (subject to hydrolysis) is 2. The molecule has 4 aromatic rings. The smallest absolute Gasteiger partial charge is 0.407 e. The molecule has 0 aromatic carbocycles. The van der Waals surface area contributed by atoms with Crippen molar-refractivity contribution in [2.24, 2.45) is 5.73 Å². The number of furan rings is 2. The SMILES string of the molecule is NC(=O)c1ccc(Cn2cc(COC(=O)NC3CCCCC3)nn2)o1.O=C(NC1CCCCC1)OCc1cn(Cc2ccc(C(=O)O)o2)nn1. The number of nitrogens with two attached hydrogens (primary N) is 1. The first-order valence-electron chi connectivity index (χ1n) is 16.6. The maximum Gasteiger partial charge on any atom is 0.407 e. The molecule has 268 valence electrons. The van der Waals surface area contributed by atoms with Crippen LogP contribution in [0.4, 0.5) is 9.59 Å². The van der Waals surface area contributed by atoms with Crippen molar-refractivity contribution in [3.8, 4) is 0 Å². The summed E-state index contributed by atoms with van der Waals surface area (Å²) >= 11 is 0. The summed E-state index contributed by atoms with van der Waals surface area (Å²) in [6.07, 6.45) is 13.4. The molecular formula is C32H41N9O9. The number of primary amides is 1. The number of carbonyl (C=O) groups is 4. The van der Waals surface area contributed by atoms with Crippen molar-refractivity contribution in [1.82, 2.24) is 40.6 Å². The van der Waals surface area contributed by atoms with E-state index in [-0.39, 0.29) is 43.4 Å². The van der Waals surface area contributed by atoms with Crippen LogP contribution in [0.2, 0.25) is 0 Å². The molecule has 4 heterocycles. The number of hydrogen-bond donors (Lipinski definition) is 4. The highest BCUT2D eigenvalue weighted by Gasteiger charge is 2.18. The average Bonchev–Trinajstić information content (AvgIpc) is 3.93. The number of carbonyl (C=O) groups excluding carboxylic acids is 3. The molecule has 5 N–H and O–H groups in total. The van der Waals surface area contributed by atoms with Crippen molar-refractivity contribution in [2.75, 3.05) is 0 Å². The summed E-state index contributed by atoms with van der Waals surface area (Å²) in [5.41, 5.74) is 6.17. The van der Waals surface area contributed by atoms with E-state index < -0.39 is 24.1 Å². The van der Waals surface area contributed by atoms with Gasteiger partial charge < -0.3 is 39.8 Å². The van der Waals surface area contributed by atoms with E-state index in [0.29, 0.717) is 29.5 Å². The number of amides is 3. The minimum Gasteiger partial charge on any atom is -0.475 e. The van der Waals surface area contributed by atoms with E-state index in [0.717, 1.165) is 51.4 Å². The average molecular weight is 696 g/mol. The fourth-order valence-corrected chi connectivity index (χ4v) is 5.65. The van der Waals surface area contributed by atoms with Crippen molar-refractivity contribution >= 4 is 24.1 Å². The number of nitrogens with one attached hydrogen (secondary N) is 2. The fourth-order valence-electron chi connectivity index (χ4n) is 5.65. The van der Waals surface area contributed by atoms with Gasteiger partial charge in [0.25, 0.3) is 5.91 Å². The number of rotatable bonds is 12. The van der Waals surface area contributed by atoms with Crippen LogP contribution in [0.1, 0.15) is 108 Å². The van der Waals surface area contributed by atoms with Gasteiger partial charge in [0.05, 0.1) is 12.4 Å². The van der Waals surface area contributed by atoms with Gasteiger partial charge in [-0.3, -0.25) is 4.79 Å². The Bertz CT molecular complexity index is 1590. The molecule has 2 aliphatic rings. The van der Waals surface area contributed by atoms with Crippen molar-refractivity contribution < 1.29 is 42.6 Å². The molecule has 0 unspecified atom stereocenters. The summed E-state index contributed by atoms with van der Waals surface area (Å²) < 4.78 is 23.8. The fraction of sp³-hybridized carbons (Fsp3) is 0.500. The summed E-state index contributed by atoms with van der Waals surface area (Å²) in [5.74, 6) is -0.798. The third-order valence-corrected chi connectivity index (χ3v) is 8.14. The summed E-state index contributed by atoms with van der Waals surface area (Å²) in [7, 11) is 0. The minimum absolute atomic E-state index is 0.0249. The van der Waals surface area contributed by atoms with Gasteiger partial charge in [0.2, 0.25) is 5.76 Å². The van der Waals surface area contributed by atoms with Gasteiger partial charge in [0.1, 0.15) is 49.2 Å². The number of ether oxygens (including phenoxy) is 2. The van der Waals surface area contributed by atoms with E-state index in [1.807, 2.05) is 0 Å². The zero-order chi connectivity index (χ0) is 35.3. The Kier molecular flexibility index (Phi) is 12.6. The van der Waals surface area contributed by atoms with E-state index >= 15 is 0 Å². The van der Waals surface area contributed by atoms with Crippen molar-refractivity contribution in [2.45, 2.75) is 103 Å². The van der Waals surface area contributed by atoms with Crippen LogP contribution >= 0.6 is 0 Å². The lowest BCUT2D eigenvalue weighted by Gasteiger charge is -2.22. The number of carboxylic acids is 1. The first-order chi connectivity index (χ1) is 24.2. The topological polar surface area (TPSA) is 245 Å². The summed E-state index contributed by atoms with van der Waals surface area (Å²) in [4.78, 5) is 45.4. The molecular weight excluding hydrogens is 654 g/mol. The number of carboxylic acid groups (broad SMARTS) is 1.